The van der Waals surface area contributed by atoms with E-state index >= 15 is 0 Å². The van der Waals surface area contributed by atoms with Gasteiger partial charge in [-0.05, 0) is 18.4 Å². The van der Waals surface area contributed by atoms with Gasteiger partial charge in [-0.2, -0.15) is 5.26 Å². The van der Waals surface area contributed by atoms with E-state index in [1.807, 2.05) is 30.3 Å². The first kappa shape index (κ1) is 13.6. The maximum Gasteiger partial charge on any atom is 0.225 e. The van der Waals surface area contributed by atoms with Gasteiger partial charge in [-0.1, -0.05) is 35.8 Å². The van der Waals surface area contributed by atoms with Gasteiger partial charge in [-0.3, -0.25) is 0 Å². The second-order valence-corrected chi connectivity index (χ2v) is 5.36. The second-order valence-electron chi connectivity index (χ2n) is 5.36. The maximum atomic E-state index is 9.67. The van der Waals surface area contributed by atoms with Gasteiger partial charge in [0.05, 0.1) is 11.5 Å². The van der Waals surface area contributed by atoms with Gasteiger partial charge in [0.25, 0.3) is 0 Å². The van der Waals surface area contributed by atoms with Gasteiger partial charge in [0.15, 0.2) is 0 Å². The van der Waals surface area contributed by atoms with Gasteiger partial charge in [0, 0.05) is 25.5 Å². The number of hydrogen-bond donors (Lipinski definition) is 0. The topological polar surface area (TPSA) is 52.8 Å². The minimum Gasteiger partial charge on any atom is -0.341 e. The zero-order valence-electron chi connectivity index (χ0n) is 11.7. The van der Waals surface area contributed by atoms with Gasteiger partial charge < -0.3 is 4.90 Å². The van der Waals surface area contributed by atoms with E-state index in [0.717, 1.165) is 31.5 Å². The molecule has 0 bridgehead atoms. The van der Waals surface area contributed by atoms with Crippen LogP contribution in [0.1, 0.15) is 18.4 Å². The SMILES string of the molecule is [B]c1cnc(N2CCC(C#N)(c3ccccc3)CC2)nc1. The first-order valence-electron chi connectivity index (χ1n) is 7.03. The third-order valence-corrected chi connectivity index (χ3v) is 4.10. The van der Waals surface area contributed by atoms with Crippen LogP contribution in [0.15, 0.2) is 42.7 Å². The molecule has 102 valence electrons. The molecule has 0 saturated carbocycles. The molecule has 0 amide bonds. The van der Waals surface area contributed by atoms with Crippen molar-refractivity contribution < 1.29 is 0 Å². The van der Waals surface area contributed by atoms with E-state index in [9.17, 15) is 5.26 Å². The van der Waals surface area contributed by atoms with Crippen LogP contribution in [-0.2, 0) is 5.41 Å². The fraction of sp³-hybridized carbons (Fsp3) is 0.312. The monoisotopic (exact) mass is 274 g/mol. The van der Waals surface area contributed by atoms with Gasteiger partial charge >= 0.3 is 0 Å². The van der Waals surface area contributed by atoms with Crippen molar-refractivity contribution in [1.82, 2.24) is 9.97 Å². The summed E-state index contributed by atoms with van der Waals surface area (Å²) < 4.78 is 0. The number of benzene rings is 1. The molecule has 2 radical (unpaired) electrons. The van der Waals surface area contributed by atoms with E-state index in [0.29, 0.717) is 11.4 Å². The molecule has 0 aliphatic carbocycles. The molecular formula is C16H15BN4. The van der Waals surface area contributed by atoms with Crippen LogP contribution in [-0.4, -0.2) is 30.9 Å². The molecule has 1 aliphatic rings. The Balaban J connectivity index is 1.77. The van der Waals surface area contributed by atoms with Crippen LogP contribution >= 0.6 is 0 Å². The summed E-state index contributed by atoms with van der Waals surface area (Å²) in [7, 11) is 5.61. The maximum absolute atomic E-state index is 9.67. The third kappa shape index (κ3) is 2.62. The minimum absolute atomic E-state index is 0.397. The smallest absolute Gasteiger partial charge is 0.225 e. The van der Waals surface area contributed by atoms with Crippen LogP contribution in [0.2, 0.25) is 0 Å². The highest BCUT2D eigenvalue weighted by Crippen LogP contribution is 2.35. The number of piperidine rings is 1. The van der Waals surface area contributed by atoms with Gasteiger partial charge in [-0.15, -0.1) is 0 Å². The van der Waals surface area contributed by atoms with Crippen molar-refractivity contribution >= 4 is 19.3 Å². The second kappa shape index (κ2) is 5.57. The molecule has 0 spiro atoms. The van der Waals surface area contributed by atoms with Crippen LogP contribution in [0.5, 0.6) is 0 Å². The lowest BCUT2D eigenvalue weighted by atomic mass is 9.74. The van der Waals surface area contributed by atoms with E-state index in [4.69, 9.17) is 7.85 Å². The number of nitriles is 1. The summed E-state index contributed by atoms with van der Waals surface area (Å²) in [5, 5.41) is 9.67. The number of rotatable bonds is 2. The molecule has 3 rings (SSSR count). The predicted molar refractivity (Wildman–Crippen MR) is 82.6 cm³/mol. The Morgan fingerprint density at radius 3 is 2.29 bits per heavy atom. The summed E-state index contributed by atoms with van der Waals surface area (Å²) in [6, 6.07) is 12.6. The standard InChI is InChI=1S/C16H15BN4/c17-14-10-19-15(20-11-14)21-8-6-16(12-18,7-9-21)13-4-2-1-3-5-13/h1-5,10-11H,6-9H2. The van der Waals surface area contributed by atoms with Crippen LogP contribution in [0.4, 0.5) is 5.95 Å². The summed E-state index contributed by atoms with van der Waals surface area (Å²) in [6.07, 6.45) is 4.79. The predicted octanol–water partition coefficient (Wildman–Crippen LogP) is 1.33. The number of hydrogen-bond acceptors (Lipinski definition) is 4. The number of nitrogens with zero attached hydrogens (tertiary/aromatic N) is 4. The average Bonchev–Trinajstić information content (AvgIpc) is 2.56. The van der Waals surface area contributed by atoms with Crippen LogP contribution in [0, 0.1) is 11.3 Å². The highest BCUT2D eigenvalue weighted by atomic mass is 15.2. The minimum atomic E-state index is -0.397. The zero-order valence-corrected chi connectivity index (χ0v) is 11.7. The summed E-state index contributed by atoms with van der Waals surface area (Å²) >= 11 is 0. The van der Waals surface area contributed by atoms with E-state index in [1.54, 1.807) is 12.4 Å². The van der Waals surface area contributed by atoms with Crippen molar-refractivity contribution in [2.45, 2.75) is 18.3 Å². The Morgan fingerprint density at radius 2 is 1.71 bits per heavy atom. The summed E-state index contributed by atoms with van der Waals surface area (Å²) in [6.45, 7) is 1.54. The Morgan fingerprint density at radius 1 is 1.10 bits per heavy atom. The van der Waals surface area contributed by atoms with Gasteiger partial charge in [-0.25, -0.2) is 9.97 Å². The van der Waals surface area contributed by atoms with E-state index < -0.39 is 5.41 Å². The van der Waals surface area contributed by atoms with Crippen molar-refractivity contribution in [1.29, 1.82) is 5.26 Å². The summed E-state index contributed by atoms with van der Waals surface area (Å²) in [4.78, 5) is 10.6. The molecule has 0 unspecified atom stereocenters. The molecule has 0 N–H and O–H groups in total. The molecule has 1 aliphatic heterocycles. The summed E-state index contributed by atoms with van der Waals surface area (Å²) in [5.74, 6) is 0.684. The van der Waals surface area contributed by atoms with Crippen LogP contribution < -0.4 is 10.4 Å². The molecule has 4 nitrogen and oxygen atoms in total. The normalized spacial score (nSPS) is 17.2. The highest BCUT2D eigenvalue weighted by molar-refractivity contribution is 6.31. The molecule has 1 saturated heterocycles. The Bertz CT molecular complexity index is 640. The lowest BCUT2D eigenvalue weighted by Crippen LogP contribution is -2.42. The molecule has 2 heterocycles. The first-order valence-corrected chi connectivity index (χ1v) is 7.03. The molecule has 1 aromatic heterocycles. The number of anilines is 1. The van der Waals surface area contributed by atoms with E-state index in [1.165, 1.54) is 0 Å². The Labute approximate surface area is 125 Å². The highest BCUT2D eigenvalue weighted by Gasteiger charge is 2.36. The lowest BCUT2D eigenvalue weighted by molar-refractivity contribution is 0.412. The van der Waals surface area contributed by atoms with Crippen molar-refractivity contribution in [3.63, 3.8) is 0 Å². The molecule has 1 fully saturated rings. The first-order chi connectivity index (χ1) is 10.2. The lowest BCUT2D eigenvalue weighted by Gasteiger charge is -2.37. The average molecular weight is 274 g/mol. The van der Waals surface area contributed by atoms with Crippen molar-refractivity contribution in [2.24, 2.45) is 0 Å². The fourth-order valence-corrected chi connectivity index (χ4v) is 2.81. The fourth-order valence-electron chi connectivity index (χ4n) is 2.81. The van der Waals surface area contributed by atoms with Gasteiger partial charge in [0.2, 0.25) is 5.95 Å². The molecule has 2 aromatic rings. The quantitative estimate of drug-likeness (QED) is 0.775. The van der Waals surface area contributed by atoms with Crippen molar-refractivity contribution in [3.05, 3.63) is 48.3 Å². The third-order valence-electron chi connectivity index (χ3n) is 4.10. The summed E-state index contributed by atoms with van der Waals surface area (Å²) in [5.41, 5.74) is 1.27. The van der Waals surface area contributed by atoms with E-state index in [2.05, 4.69) is 20.9 Å². The van der Waals surface area contributed by atoms with E-state index in [-0.39, 0.29) is 0 Å². The zero-order chi connectivity index (χ0) is 14.7. The molecular weight excluding hydrogens is 259 g/mol. The molecule has 5 heteroatoms. The number of aromatic nitrogens is 2. The molecule has 0 atom stereocenters. The van der Waals surface area contributed by atoms with Crippen molar-refractivity contribution in [2.75, 3.05) is 18.0 Å². The largest absolute Gasteiger partial charge is 0.341 e. The van der Waals surface area contributed by atoms with Crippen molar-refractivity contribution in [3.8, 4) is 6.07 Å². The Kier molecular flexibility index (Phi) is 3.61. The molecule has 21 heavy (non-hydrogen) atoms. The van der Waals surface area contributed by atoms with Crippen LogP contribution in [0.3, 0.4) is 0 Å². The van der Waals surface area contributed by atoms with Gasteiger partial charge in [0.1, 0.15) is 7.85 Å². The van der Waals surface area contributed by atoms with Crippen LogP contribution in [0.25, 0.3) is 0 Å². The molecule has 1 aromatic carbocycles. The Hall–Kier alpha value is -2.35.